The van der Waals surface area contributed by atoms with Crippen molar-refractivity contribution in [2.24, 2.45) is 0 Å². The lowest BCUT2D eigenvalue weighted by Crippen LogP contribution is -2.56. The quantitative estimate of drug-likeness (QED) is 0.748. The van der Waals surface area contributed by atoms with Crippen LogP contribution in [-0.4, -0.2) is 43.4 Å². The van der Waals surface area contributed by atoms with Gasteiger partial charge in [0.15, 0.2) is 0 Å². The summed E-state index contributed by atoms with van der Waals surface area (Å²) in [4.78, 5) is 0. The first-order valence-corrected chi connectivity index (χ1v) is 7.02. The number of hydrogen-bond acceptors (Lipinski definition) is 2. The van der Waals surface area contributed by atoms with Crippen LogP contribution in [0, 0.1) is 0 Å². The average molecular weight is 313 g/mol. The summed E-state index contributed by atoms with van der Waals surface area (Å²) in [6.45, 7) is -0.728. The van der Waals surface area contributed by atoms with E-state index in [0.717, 1.165) is 0 Å². The van der Waals surface area contributed by atoms with Crippen LogP contribution in [0.1, 0.15) is 25.7 Å². The van der Waals surface area contributed by atoms with Crippen LogP contribution in [0.3, 0.4) is 0 Å². The minimum Gasteiger partial charge on any atom is -0.206 e. The molecule has 0 spiro atoms. The Morgan fingerprint density at radius 1 is 0.895 bits per heavy atom. The average Bonchev–Trinajstić information content (AvgIpc) is 2.56. The number of alkyl halides is 6. The summed E-state index contributed by atoms with van der Waals surface area (Å²) in [5, 5.41) is -5.82. The molecule has 1 aliphatic heterocycles. The second kappa shape index (κ2) is 5.47. The Labute approximate surface area is 106 Å². The summed E-state index contributed by atoms with van der Waals surface area (Å²) in [7, 11) is -5.82. The minimum atomic E-state index is -5.92. The molecule has 1 heterocycles. The molecule has 10 heteroatoms. The molecule has 1 fully saturated rings. The smallest absolute Gasteiger partial charge is 0.206 e. The second-order valence-electron chi connectivity index (χ2n) is 4.26. The Hall–Kier alpha value is -0.510. The summed E-state index contributed by atoms with van der Waals surface area (Å²) in [5.41, 5.74) is 0. The van der Waals surface area contributed by atoms with Crippen LogP contribution in [0.2, 0.25) is 0 Å². The molecule has 0 aliphatic carbocycles. The third-order valence-corrected chi connectivity index (χ3v) is 4.86. The van der Waals surface area contributed by atoms with Crippen LogP contribution in [0.5, 0.6) is 0 Å². The van der Waals surface area contributed by atoms with E-state index >= 15 is 0 Å². The maximum absolute atomic E-state index is 13.3. The Balaban J connectivity index is 3.10. The van der Waals surface area contributed by atoms with Crippen LogP contribution in [0.4, 0.5) is 26.3 Å². The van der Waals surface area contributed by atoms with Crippen LogP contribution >= 0.6 is 0 Å². The number of hydrogen-bond donors (Lipinski definition) is 0. The number of rotatable bonds is 4. The zero-order valence-corrected chi connectivity index (χ0v) is 10.6. The van der Waals surface area contributed by atoms with Crippen molar-refractivity contribution in [2.45, 2.75) is 43.3 Å². The van der Waals surface area contributed by atoms with E-state index in [1.54, 1.807) is 0 Å². The van der Waals surface area contributed by atoms with Crippen molar-refractivity contribution in [3.8, 4) is 0 Å². The first-order valence-electron chi connectivity index (χ1n) is 5.58. The van der Waals surface area contributed by atoms with Gasteiger partial charge in [-0.1, -0.05) is 12.8 Å². The molecule has 0 saturated carbocycles. The fourth-order valence-electron chi connectivity index (χ4n) is 1.74. The molecule has 0 radical (unpaired) electrons. The first-order chi connectivity index (χ1) is 8.55. The molecule has 0 aromatic rings. The molecule has 0 N–H and O–H groups in total. The van der Waals surface area contributed by atoms with Gasteiger partial charge in [-0.05, 0) is 12.8 Å². The second-order valence-corrected chi connectivity index (χ2v) is 6.24. The van der Waals surface area contributed by atoms with Gasteiger partial charge >= 0.3 is 17.6 Å². The molecule has 0 atom stereocenters. The molecule has 0 aromatic carbocycles. The highest BCUT2D eigenvalue weighted by molar-refractivity contribution is 7.90. The molecule has 0 aromatic heterocycles. The van der Waals surface area contributed by atoms with E-state index in [1.807, 2.05) is 0 Å². The van der Waals surface area contributed by atoms with E-state index in [-0.39, 0.29) is 30.2 Å². The monoisotopic (exact) mass is 313 g/mol. The molecule has 19 heavy (non-hydrogen) atoms. The lowest BCUT2D eigenvalue weighted by Gasteiger charge is -2.30. The van der Waals surface area contributed by atoms with Crippen molar-refractivity contribution in [1.82, 2.24) is 4.31 Å². The van der Waals surface area contributed by atoms with Gasteiger partial charge in [0.1, 0.15) is 0 Å². The topological polar surface area (TPSA) is 37.4 Å². The normalized spacial score (nSPS) is 20.6. The largest absolute Gasteiger partial charge is 0.426 e. The van der Waals surface area contributed by atoms with E-state index < -0.39 is 27.6 Å². The van der Waals surface area contributed by atoms with Crippen molar-refractivity contribution in [2.75, 3.05) is 13.1 Å². The fourth-order valence-corrected chi connectivity index (χ4v) is 3.24. The van der Waals surface area contributed by atoms with Crippen molar-refractivity contribution >= 4 is 10.0 Å². The zero-order valence-electron chi connectivity index (χ0n) is 9.76. The molecule has 3 nitrogen and oxygen atoms in total. The molecular weight excluding hydrogens is 300 g/mol. The van der Waals surface area contributed by atoms with Crippen molar-refractivity contribution < 1.29 is 34.8 Å². The van der Waals surface area contributed by atoms with E-state index in [4.69, 9.17) is 0 Å². The Bertz CT molecular complexity index is 403. The number of halogens is 6. The van der Waals surface area contributed by atoms with Gasteiger partial charge in [0, 0.05) is 13.1 Å². The molecule has 1 aliphatic rings. The Morgan fingerprint density at radius 3 is 1.68 bits per heavy atom. The highest BCUT2D eigenvalue weighted by Gasteiger charge is 2.71. The van der Waals surface area contributed by atoms with E-state index in [9.17, 15) is 34.8 Å². The maximum atomic E-state index is 13.3. The summed E-state index contributed by atoms with van der Waals surface area (Å²) >= 11 is 0. The molecule has 0 amide bonds. The van der Waals surface area contributed by atoms with Gasteiger partial charge in [-0.25, -0.2) is 17.2 Å². The van der Waals surface area contributed by atoms with Crippen molar-refractivity contribution in [3.05, 3.63) is 0 Å². The lowest BCUT2D eigenvalue weighted by atomic mass is 10.2. The van der Waals surface area contributed by atoms with E-state index in [2.05, 4.69) is 0 Å². The van der Waals surface area contributed by atoms with Crippen molar-refractivity contribution in [1.29, 1.82) is 0 Å². The standard InChI is InChI=1S/C9H13F6NO2S/c10-7(11)8(12,13)9(14,15)19(17,18)16-5-3-1-2-4-6-16/h7H,1-6H2. The molecular formula is C9H13F6NO2S. The zero-order chi connectivity index (χ0) is 14.9. The SMILES string of the molecule is O=S(=O)(N1CCCCCC1)C(F)(F)C(F)(F)C(F)F. The number of nitrogens with zero attached hydrogens (tertiary/aromatic N) is 1. The minimum absolute atomic E-state index is 0.177. The fraction of sp³-hybridized carbons (Fsp3) is 1.00. The van der Waals surface area contributed by atoms with Crippen molar-refractivity contribution in [3.63, 3.8) is 0 Å². The molecule has 1 rings (SSSR count). The van der Waals surface area contributed by atoms with Crippen LogP contribution < -0.4 is 0 Å². The van der Waals surface area contributed by atoms with Gasteiger partial charge in [-0.3, -0.25) is 0 Å². The van der Waals surface area contributed by atoms with Gasteiger partial charge in [0.05, 0.1) is 0 Å². The first kappa shape index (κ1) is 16.5. The maximum Gasteiger partial charge on any atom is 0.426 e. The number of sulfonamides is 1. The summed E-state index contributed by atoms with van der Waals surface area (Å²) in [6, 6.07) is 0. The van der Waals surface area contributed by atoms with Gasteiger partial charge in [-0.2, -0.15) is 21.9 Å². The Morgan fingerprint density at radius 2 is 1.32 bits per heavy atom. The van der Waals surface area contributed by atoms with Gasteiger partial charge < -0.3 is 0 Å². The molecule has 1 saturated heterocycles. The third-order valence-electron chi connectivity index (χ3n) is 2.89. The summed E-state index contributed by atoms with van der Waals surface area (Å²) < 4.78 is 99.2. The highest BCUT2D eigenvalue weighted by atomic mass is 32.2. The molecule has 114 valence electrons. The van der Waals surface area contributed by atoms with Gasteiger partial charge in [-0.15, -0.1) is 0 Å². The highest BCUT2D eigenvalue weighted by Crippen LogP contribution is 2.44. The molecule has 0 bridgehead atoms. The van der Waals surface area contributed by atoms with Crippen LogP contribution in [-0.2, 0) is 10.0 Å². The summed E-state index contributed by atoms with van der Waals surface area (Å²) in [6.07, 6.45) is -3.15. The lowest BCUT2D eigenvalue weighted by molar-refractivity contribution is -0.226. The van der Waals surface area contributed by atoms with Crippen LogP contribution in [0.25, 0.3) is 0 Å². The Kier molecular flexibility index (Phi) is 4.76. The van der Waals surface area contributed by atoms with Gasteiger partial charge in [0.2, 0.25) is 0 Å². The van der Waals surface area contributed by atoms with Gasteiger partial charge in [0.25, 0.3) is 10.0 Å². The predicted molar refractivity (Wildman–Crippen MR) is 54.9 cm³/mol. The predicted octanol–water partition coefficient (Wildman–Crippen LogP) is 2.69. The third kappa shape index (κ3) is 2.83. The van der Waals surface area contributed by atoms with E-state index in [0.29, 0.717) is 12.8 Å². The molecule has 0 unspecified atom stereocenters. The van der Waals surface area contributed by atoms with E-state index in [1.165, 1.54) is 0 Å². The van der Waals surface area contributed by atoms with Crippen LogP contribution in [0.15, 0.2) is 0 Å². The summed E-state index contributed by atoms with van der Waals surface area (Å²) in [5.74, 6) is -5.92.